The van der Waals surface area contributed by atoms with Crippen LogP contribution in [0.4, 0.5) is 4.39 Å². The quantitative estimate of drug-likeness (QED) is 0.743. The van der Waals surface area contributed by atoms with E-state index < -0.39 is 0 Å². The smallest absolute Gasteiger partial charge is 0.348 e. The van der Waals surface area contributed by atoms with E-state index in [2.05, 4.69) is 10.00 Å². The fraction of sp³-hybridized carbons (Fsp3) is 0.526. The number of benzene rings is 1. The predicted octanol–water partition coefficient (Wildman–Crippen LogP) is 1.56. The van der Waals surface area contributed by atoms with Crippen molar-refractivity contribution in [3.8, 4) is 6.01 Å². The summed E-state index contributed by atoms with van der Waals surface area (Å²) in [7, 11) is 0. The first-order valence-electron chi connectivity index (χ1n) is 9.44. The van der Waals surface area contributed by atoms with E-state index in [4.69, 9.17) is 4.74 Å². The molecule has 0 atom stereocenters. The van der Waals surface area contributed by atoms with Gasteiger partial charge in [0.15, 0.2) is 5.78 Å². The van der Waals surface area contributed by atoms with Gasteiger partial charge in [0.2, 0.25) is 0 Å². The molecule has 1 fully saturated rings. The summed E-state index contributed by atoms with van der Waals surface area (Å²) in [6, 6.07) is 6.18. The van der Waals surface area contributed by atoms with Crippen molar-refractivity contribution < 1.29 is 13.9 Å². The molecule has 27 heavy (non-hydrogen) atoms. The second-order valence-electron chi connectivity index (χ2n) is 7.13. The van der Waals surface area contributed by atoms with Crippen molar-refractivity contribution in [2.24, 2.45) is 5.92 Å². The number of hydrogen-bond acceptors (Lipinski definition) is 5. The van der Waals surface area contributed by atoms with Crippen LogP contribution in [-0.4, -0.2) is 51.3 Å². The molecular formula is C19H23FN4O3. The second kappa shape index (κ2) is 7.64. The number of ketones is 1. The summed E-state index contributed by atoms with van der Waals surface area (Å²) < 4.78 is 21.5. The monoisotopic (exact) mass is 374 g/mol. The highest BCUT2D eigenvalue weighted by molar-refractivity contribution is 5.97. The van der Waals surface area contributed by atoms with Crippen LogP contribution in [0.5, 0.6) is 6.01 Å². The number of Topliss-reactive ketones (excluding diaryl/α,β-unsaturated/α-hetero) is 1. The van der Waals surface area contributed by atoms with Gasteiger partial charge in [0.25, 0.3) is 0 Å². The van der Waals surface area contributed by atoms with E-state index in [1.54, 1.807) is 16.7 Å². The number of ether oxygens (including phenoxy) is 1. The molecule has 2 aromatic rings. The number of piperidine rings is 1. The molecule has 0 aliphatic carbocycles. The number of carbonyl (C=O) groups is 1. The third kappa shape index (κ3) is 3.80. The topological polar surface area (TPSA) is 69.4 Å². The van der Waals surface area contributed by atoms with Crippen LogP contribution in [0.15, 0.2) is 29.1 Å². The zero-order chi connectivity index (χ0) is 18.8. The van der Waals surface area contributed by atoms with Crippen molar-refractivity contribution in [2.75, 3.05) is 26.2 Å². The predicted molar refractivity (Wildman–Crippen MR) is 96.5 cm³/mol. The highest BCUT2D eigenvalue weighted by Crippen LogP contribution is 2.22. The zero-order valence-corrected chi connectivity index (χ0v) is 15.1. The van der Waals surface area contributed by atoms with E-state index >= 15 is 0 Å². The van der Waals surface area contributed by atoms with Gasteiger partial charge in [0, 0.05) is 24.6 Å². The third-order valence-electron chi connectivity index (χ3n) is 5.36. The Morgan fingerprint density at radius 1 is 1.15 bits per heavy atom. The first-order chi connectivity index (χ1) is 13.1. The molecule has 7 nitrogen and oxygen atoms in total. The van der Waals surface area contributed by atoms with Gasteiger partial charge in [-0.1, -0.05) is 0 Å². The van der Waals surface area contributed by atoms with Gasteiger partial charge in [0.05, 0.1) is 13.2 Å². The van der Waals surface area contributed by atoms with E-state index in [9.17, 15) is 14.0 Å². The average Bonchev–Trinajstić information content (AvgIpc) is 3.03. The van der Waals surface area contributed by atoms with Crippen molar-refractivity contribution in [3.63, 3.8) is 0 Å². The average molecular weight is 374 g/mol. The lowest BCUT2D eigenvalue weighted by atomic mass is 9.89. The number of likely N-dealkylation sites (tertiary alicyclic amines) is 1. The molecule has 4 rings (SSSR count). The van der Waals surface area contributed by atoms with Gasteiger partial charge in [-0.3, -0.25) is 4.79 Å². The van der Waals surface area contributed by atoms with Gasteiger partial charge in [-0.2, -0.15) is 0 Å². The minimum absolute atomic E-state index is 0.0252. The Hall–Kier alpha value is -2.48. The molecule has 0 unspecified atom stereocenters. The van der Waals surface area contributed by atoms with Crippen LogP contribution in [-0.2, 0) is 13.1 Å². The molecule has 2 aliphatic heterocycles. The minimum Gasteiger partial charge on any atom is -0.463 e. The minimum atomic E-state index is -0.331. The lowest BCUT2D eigenvalue weighted by Crippen LogP contribution is -2.39. The maximum absolute atomic E-state index is 13.0. The van der Waals surface area contributed by atoms with E-state index in [1.165, 1.54) is 16.8 Å². The molecule has 0 bridgehead atoms. The maximum Gasteiger partial charge on any atom is 0.348 e. The number of carbonyl (C=O) groups excluding carboxylic acids is 1. The van der Waals surface area contributed by atoms with Crippen molar-refractivity contribution in [3.05, 3.63) is 46.1 Å². The molecule has 8 heteroatoms. The number of fused-ring (bicyclic) bond motifs is 1. The van der Waals surface area contributed by atoms with E-state index in [0.29, 0.717) is 37.8 Å². The van der Waals surface area contributed by atoms with Crippen molar-refractivity contribution in [1.29, 1.82) is 0 Å². The summed E-state index contributed by atoms with van der Waals surface area (Å²) in [4.78, 5) is 27.1. The Labute approximate surface area is 156 Å². The van der Waals surface area contributed by atoms with Crippen molar-refractivity contribution in [1.82, 2.24) is 19.2 Å². The summed E-state index contributed by atoms with van der Waals surface area (Å²) in [6.07, 6.45) is 2.37. The van der Waals surface area contributed by atoms with Crippen LogP contribution in [0.3, 0.4) is 0 Å². The molecule has 0 amide bonds. The van der Waals surface area contributed by atoms with Gasteiger partial charge in [-0.15, -0.1) is 5.10 Å². The highest BCUT2D eigenvalue weighted by Gasteiger charge is 2.26. The molecule has 1 aromatic heterocycles. The third-order valence-corrected chi connectivity index (χ3v) is 5.36. The van der Waals surface area contributed by atoms with Gasteiger partial charge in [0.1, 0.15) is 5.82 Å². The lowest BCUT2D eigenvalue weighted by molar-refractivity contribution is 0.0836. The van der Waals surface area contributed by atoms with E-state index in [1.807, 2.05) is 0 Å². The summed E-state index contributed by atoms with van der Waals surface area (Å²) in [5, 5.41) is 4.26. The molecule has 144 valence electrons. The first kappa shape index (κ1) is 17.9. The van der Waals surface area contributed by atoms with Crippen LogP contribution < -0.4 is 10.4 Å². The highest BCUT2D eigenvalue weighted by atomic mass is 19.1. The number of rotatable bonds is 5. The molecular weight excluding hydrogens is 351 g/mol. The fourth-order valence-corrected chi connectivity index (χ4v) is 3.76. The van der Waals surface area contributed by atoms with Crippen molar-refractivity contribution >= 4 is 5.78 Å². The van der Waals surface area contributed by atoms with Crippen LogP contribution in [0.1, 0.15) is 29.6 Å². The van der Waals surface area contributed by atoms with Crippen LogP contribution in [0.2, 0.25) is 0 Å². The number of nitrogens with zero attached hydrogens (tertiary/aromatic N) is 4. The molecule has 2 aliphatic rings. The summed E-state index contributed by atoms with van der Waals surface area (Å²) in [5.74, 6) is -0.268. The Bertz CT molecular complexity index is 866. The molecule has 3 heterocycles. The molecule has 0 saturated carbocycles. The summed E-state index contributed by atoms with van der Waals surface area (Å²) in [6.45, 7) is 4.09. The van der Waals surface area contributed by atoms with Crippen LogP contribution >= 0.6 is 0 Å². The number of aromatic nitrogens is 3. The Morgan fingerprint density at radius 3 is 2.59 bits per heavy atom. The van der Waals surface area contributed by atoms with E-state index in [0.717, 1.165) is 32.4 Å². The second-order valence-corrected chi connectivity index (χ2v) is 7.13. The van der Waals surface area contributed by atoms with Crippen LogP contribution in [0.25, 0.3) is 0 Å². The van der Waals surface area contributed by atoms with Crippen LogP contribution in [0, 0.1) is 11.7 Å². The lowest BCUT2D eigenvalue weighted by Gasteiger charge is -2.31. The Balaban J connectivity index is 1.30. The molecule has 0 radical (unpaired) electrons. The van der Waals surface area contributed by atoms with E-state index in [-0.39, 0.29) is 23.2 Å². The SMILES string of the molecule is O=C(c1ccc(F)cc1)C1CCN(CCn2nc3n(c2=O)CCCO3)CC1. The summed E-state index contributed by atoms with van der Waals surface area (Å²) in [5.41, 5.74) is 0.455. The first-order valence-corrected chi connectivity index (χ1v) is 9.44. The zero-order valence-electron chi connectivity index (χ0n) is 15.1. The standard InChI is InChI=1S/C19H23FN4O3/c20-16-4-2-14(3-5-16)17(25)15-6-9-22(10-7-15)11-12-24-19(26)23-8-1-13-27-18(23)21-24/h2-5,15H,1,6-13H2. The maximum atomic E-state index is 13.0. The molecule has 0 spiro atoms. The number of halogens is 1. The molecule has 1 aromatic carbocycles. The molecule has 1 saturated heterocycles. The number of hydrogen-bond donors (Lipinski definition) is 0. The van der Waals surface area contributed by atoms with Gasteiger partial charge in [-0.25, -0.2) is 18.4 Å². The van der Waals surface area contributed by atoms with Gasteiger partial charge >= 0.3 is 11.7 Å². The van der Waals surface area contributed by atoms with Gasteiger partial charge < -0.3 is 9.64 Å². The van der Waals surface area contributed by atoms with Crippen molar-refractivity contribution in [2.45, 2.75) is 32.4 Å². The van der Waals surface area contributed by atoms with Gasteiger partial charge in [-0.05, 0) is 56.6 Å². The normalized spacial score (nSPS) is 18.1. The molecule has 0 N–H and O–H groups in total. The Morgan fingerprint density at radius 2 is 1.89 bits per heavy atom. The largest absolute Gasteiger partial charge is 0.463 e. The summed E-state index contributed by atoms with van der Waals surface area (Å²) >= 11 is 0. The fourth-order valence-electron chi connectivity index (χ4n) is 3.76. The Kier molecular flexibility index (Phi) is 5.07.